The van der Waals surface area contributed by atoms with Crippen LogP contribution in [0, 0.1) is 0 Å². The van der Waals surface area contributed by atoms with Gasteiger partial charge in [-0.15, -0.1) is 0 Å². The summed E-state index contributed by atoms with van der Waals surface area (Å²) < 4.78 is 33.9. The zero-order valence-electron chi connectivity index (χ0n) is 14.3. The molecule has 0 aromatic heterocycles. The van der Waals surface area contributed by atoms with E-state index >= 15 is 0 Å². The number of benzene rings is 3. The Morgan fingerprint density at radius 2 is 1.38 bits per heavy atom. The van der Waals surface area contributed by atoms with Crippen LogP contribution in [0.2, 0.25) is 20.1 Å². The largest absolute Gasteiger partial charge is 0.508 e. The molecule has 0 saturated carbocycles. The predicted octanol–water partition coefficient (Wildman–Crippen LogP) is 5.89. The molecule has 0 aliphatic heterocycles. The van der Waals surface area contributed by atoms with Crippen molar-refractivity contribution in [1.29, 1.82) is 0 Å². The molecule has 0 aliphatic carbocycles. The second kappa shape index (κ2) is 7.87. The summed E-state index contributed by atoms with van der Waals surface area (Å²) in [6, 6.07) is 11.5. The average Bonchev–Trinajstić information content (AvgIpc) is 2.57. The summed E-state index contributed by atoms with van der Waals surface area (Å²) in [5, 5.41) is 20.6. The van der Waals surface area contributed by atoms with Gasteiger partial charge < -0.3 is 10.2 Å². The third-order valence-electron chi connectivity index (χ3n) is 4.31. The summed E-state index contributed by atoms with van der Waals surface area (Å²) in [5.74, 6) is -0.997. The van der Waals surface area contributed by atoms with Crippen molar-refractivity contribution in [3.05, 3.63) is 91.4 Å². The van der Waals surface area contributed by atoms with E-state index in [0.717, 1.165) is 12.1 Å². The number of aromatic hydroxyl groups is 2. The van der Waals surface area contributed by atoms with Gasteiger partial charge in [0.2, 0.25) is 0 Å². The van der Waals surface area contributed by atoms with Crippen molar-refractivity contribution < 1.29 is 23.2 Å². The Hall–Kier alpha value is -1.67. The lowest BCUT2D eigenvalue weighted by Crippen LogP contribution is -2.38. The van der Waals surface area contributed by atoms with Gasteiger partial charge in [0.15, 0.2) is 4.75 Å². The lowest BCUT2D eigenvalue weighted by molar-refractivity contribution is 0.439. The molecule has 0 spiro atoms. The summed E-state index contributed by atoms with van der Waals surface area (Å²) >= 11 is 24.2. The highest BCUT2D eigenvalue weighted by Gasteiger charge is 2.51. The van der Waals surface area contributed by atoms with Crippen molar-refractivity contribution >= 4 is 56.5 Å². The summed E-state index contributed by atoms with van der Waals surface area (Å²) in [7, 11) is -5.10. The first kappa shape index (κ1) is 22.0. The van der Waals surface area contributed by atoms with Gasteiger partial charge in [-0.2, -0.15) is 8.42 Å². The van der Waals surface area contributed by atoms with E-state index in [9.17, 15) is 23.2 Å². The molecular formula is C19H12Cl4O5S. The number of phenols is 2. The third-order valence-corrected chi connectivity index (χ3v) is 6.74. The number of phenolic OH excluding ortho intramolecular Hbond substituents is 2. The highest BCUT2D eigenvalue weighted by Crippen LogP contribution is 2.50. The maximum absolute atomic E-state index is 13.0. The molecule has 0 amide bonds. The van der Waals surface area contributed by atoms with Crippen molar-refractivity contribution in [3.8, 4) is 11.5 Å². The van der Waals surface area contributed by atoms with Gasteiger partial charge in [0.1, 0.15) is 11.5 Å². The minimum Gasteiger partial charge on any atom is -0.508 e. The fourth-order valence-corrected chi connectivity index (χ4v) is 5.42. The van der Waals surface area contributed by atoms with Crippen LogP contribution in [0.5, 0.6) is 11.5 Å². The van der Waals surface area contributed by atoms with Gasteiger partial charge in [0, 0.05) is 20.6 Å². The van der Waals surface area contributed by atoms with Crippen LogP contribution in [0.4, 0.5) is 0 Å². The van der Waals surface area contributed by atoms with E-state index in [-0.39, 0.29) is 42.5 Å². The Bertz CT molecular complexity index is 1190. The average molecular weight is 494 g/mol. The number of halogens is 4. The zero-order chi connectivity index (χ0) is 21.6. The van der Waals surface area contributed by atoms with Gasteiger partial charge in [-0.1, -0.05) is 58.5 Å². The lowest BCUT2D eigenvalue weighted by atomic mass is 9.83. The first-order valence-corrected chi connectivity index (χ1v) is 10.8. The van der Waals surface area contributed by atoms with Gasteiger partial charge in [0.25, 0.3) is 10.1 Å². The minimum atomic E-state index is -5.10. The highest BCUT2D eigenvalue weighted by atomic mass is 35.5. The Morgan fingerprint density at radius 1 is 0.759 bits per heavy atom. The minimum absolute atomic E-state index is 0.00380. The van der Waals surface area contributed by atoms with E-state index in [0.29, 0.717) is 0 Å². The van der Waals surface area contributed by atoms with Gasteiger partial charge in [-0.05, 0) is 53.6 Å². The van der Waals surface area contributed by atoms with E-state index in [4.69, 9.17) is 46.4 Å². The van der Waals surface area contributed by atoms with Gasteiger partial charge in [-0.25, -0.2) is 0 Å². The maximum Gasteiger partial charge on any atom is 0.283 e. The SMILES string of the molecule is O=S(=O)(O)C(c1cccc(Cl)c1)(c1cc(O)cc(Cl)c1)c1cc(Cl)cc(Cl)c1O. The van der Waals surface area contributed by atoms with Crippen LogP contribution in [0.25, 0.3) is 0 Å². The van der Waals surface area contributed by atoms with E-state index in [1.165, 1.54) is 42.5 Å². The molecule has 0 heterocycles. The van der Waals surface area contributed by atoms with Crippen LogP contribution >= 0.6 is 46.4 Å². The summed E-state index contributed by atoms with van der Waals surface area (Å²) in [4.78, 5) is 0. The van der Waals surface area contributed by atoms with E-state index in [1.807, 2.05) is 0 Å². The molecule has 0 bridgehead atoms. The van der Waals surface area contributed by atoms with Crippen LogP contribution in [-0.4, -0.2) is 23.2 Å². The van der Waals surface area contributed by atoms with E-state index in [1.54, 1.807) is 0 Å². The molecule has 3 N–H and O–H groups in total. The normalized spacial score (nSPS) is 13.8. The molecular weight excluding hydrogens is 482 g/mol. The van der Waals surface area contributed by atoms with Crippen LogP contribution < -0.4 is 0 Å². The van der Waals surface area contributed by atoms with Crippen molar-refractivity contribution in [3.63, 3.8) is 0 Å². The van der Waals surface area contributed by atoms with Crippen LogP contribution in [0.1, 0.15) is 16.7 Å². The molecule has 0 fully saturated rings. The molecule has 152 valence electrons. The van der Waals surface area contributed by atoms with Gasteiger partial charge >= 0.3 is 0 Å². The Morgan fingerprint density at radius 3 is 1.97 bits per heavy atom. The Labute approximate surface area is 186 Å². The van der Waals surface area contributed by atoms with Crippen molar-refractivity contribution in [2.75, 3.05) is 0 Å². The number of rotatable bonds is 4. The molecule has 3 rings (SSSR count). The fraction of sp³-hybridized carbons (Fsp3) is 0.0526. The van der Waals surface area contributed by atoms with Gasteiger partial charge in [-0.3, -0.25) is 4.55 Å². The third kappa shape index (κ3) is 3.89. The second-order valence-corrected chi connectivity index (χ2v) is 9.43. The van der Waals surface area contributed by atoms with E-state index in [2.05, 4.69) is 0 Å². The molecule has 0 radical (unpaired) electrons. The molecule has 3 aromatic rings. The van der Waals surface area contributed by atoms with Crippen LogP contribution in [0.15, 0.2) is 54.6 Å². The van der Waals surface area contributed by atoms with Crippen LogP contribution in [0.3, 0.4) is 0 Å². The van der Waals surface area contributed by atoms with Gasteiger partial charge in [0.05, 0.1) is 5.02 Å². The second-order valence-electron chi connectivity index (χ2n) is 6.15. The van der Waals surface area contributed by atoms with Crippen molar-refractivity contribution in [1.82, 2.24) is 0 Å². The first-order valence-electron chi connectivity index (χ1n) is 7.88. The molecule has 5 nitrogen and oxygen atoms in total. The zero-order valence-corrected chi connectivity index (χ0v) is 18.1. The molecule has 1 unspecified atom stereocenters. The summed E-state index contributed by atoms with van der Waals surface area (Å²) in [6.07, 6.45) is 0. The standard InChI is InChI=1S/C19H12Cl4O5S/c20-12-3-1-2-10(4-12)19(29(26,27)28,11-5-13(21)7-15(24)6-11)16-8-14(22)9-17(23)18(16)25/h1-9,24-25H,(H,26,27,28). The van der Waals surface area contributed by atoms with Crippen molar-refractivity contribution in [2.24, 2.45) is 0 Å². The Balaban J connectivity index is 2.63. The van der Waals surface area contributed by atoms with Crippen molar-refractivity contribution in [2.45, 2.75) is 4.75 Å². The molecule has 10 heteroatoms. The van der Waals surface area contributed by atoms with E-state index < -0.39 is 20.6 Å². The Kier molecular flexibility index (Phi) is 5.98. The smallest absolute Gasteiger partial charge is 0.283 e. The molecule has 3 aromatic carbocycles. The first-order chi connectivity index (χ1) is 13.5. The summed E-state index contributed by atoms with van der Waals surface area (Å²) in [6.45, 7) is 0. The number of hydrogen-bond acceptors (Lipinski definition) is 4. The summed E-state index contributed by atoms with van der Waals surface area (Å²) in [5.41, 5.74) is -0.551. The maximum atomic E-state index is 13.0. The lowest BCUT2D eigenvalue weighted by Gasteiger charge is -2.33. The molecule has 1 atom stereocenters. The molecule has 0 aliphatic rings. The quantitative estimate of drug-likeness (QED) is 0.311. The molecule has 29 heavy (non-hydrogen) atoms. The topological polar surface area (TPSA) is 94.8 Å². The fourth-order valence-electron chi connectivity index (χ4n) is 3.23. The highest BCUT2D eigenvalue weighted by molar-refractivity contribution is 7.87. The van der Waals surface area contributed by atoms with Crippen LogP contribution in [-0.2, 0) is 14.9 Å². The monoisotopic (exact) mass is 492 g/mol. The molecule has 0 saturated heterocycles. The number of hydrogen-bond donors (Lipinski definition) is 3. The predicted molar refractivity (Wildman–Crippen MR) is 114 cm³/mol.